The Kier molecular flexibility index (Phi) is 10.1. The maximum atomic E-state index is 13.8. The summed E-state index contributed by atoms with van der Waals surface area (Å²) in [7, 11) is 1.70. The molecule has 11 heteroatoms. The van der Waals surface area contributed by atoms with Crippen LogP contribution in [0.15, 0.2) is 42.5 Å². The highest BCUT2D eigenvalue weighted by Gasteiger charge is 2.37. The van der Waals surface area contributed by atoms with Crippen LogP contribution in [-0.4, -0.2) is 72.2 Å². The standard InChI is InChI=1S/C29H35F2N5O3.ClH/c1-39-15-5-14-36-26-8-3-2-7-25(26)33-27(36)20-6-4-13-35(18-20)29(38)21-17-32-12-11-24(21)34-28(37)19-9-10-22(30)23(31)16-19;/h2-3,7-10,16,20-21,24,32H,4-6,11-15,17-18H2,1H3,(H,34,37);1H. The van der Waals surface area contributed by atoms with E-state index in [-0.39, 0.29) is 29.8 Å². The predicted molar refractivity (Wildman–Crippen MR) is 151 cm³/mol. The van der Waals surface area contributed by atoms with Crippen LogP contribution in [0.1, 0.15) is 47.8 Å². The van der Waals surface area contributed by atoms with Crippen molar-refractivity contribution in [2.24, 2.45) is 5.92 Å². The van der Waals surface area contributed by atoms with Crippen molar-refractivity contribution in [1.82, 2.24) is 25.1 Å². The van der Waals surface area contributed by atoms with Crippen LogP contribution >= 0.6 is 12.4 Å². The zero-order valence-electron chi connectivity index (χ0n) is 22.6. The van der Waals surface area contributed by atoms with Crippen LogP contribution < -0.4 is 10.6 Å². The third kappa shape index (κ3) is 6.45. The summed E-state index contributed by atoms with van der Waals surface area (Å²) < 4.78 is 34.6. The minimum atomic E-state index is -1.08. The minimum Gasteiger partial charge on any atom is -0.385 e. The summed E-state index contributed by atoms with van der Waals surface area (Å²) in [4.78, 5) is 33.5. The van der Waals surface area contributed by atoms with E-state index in [1.54, 1.807) is 7.11 Å². The van der Waals surface area contributed by atoms with Gasteiger partial charge in [0.15, 0.2) is 11.6 Å². The molecular weight excluding hydrogens is 540 g/mol. The van der Waals surface area contributed by atoms with Crippen molar-refractivity contribution in [1.29, 1.82) is 0 Å². The fraction of sp³-hybridized carbons (Fsp3) is 0.483. The van der Waals surface area contributed by atoms with Crippen molar-refractivity contribution in [3.05, 3.63) is 65.5 Å². The first kappa shape index (κ1) is 29.9. The first-order valence-corrected chi connectivity index (χ1v) is 13.7. The van der Waals surface area contributed by atoms with Gasteiger partial charge in [0.1, 0.15) is 5.82 Å². The van der Waals surface area contributed by atoms with Crippen molar-refractivity contribution in [2.75, 3.05) is 39.9 Å². The number of carbonyl (C=O) groups excluding carboxylic acids is 2. The molecule has 2 aromatic carbocycles. The Morgan fingerprint density at radius 2 is 1.98 bits per heavy atom. The zero-order valence-corrected chi connectivity index (χ0v) is 23.4. The number of methoxy groups -OCH3 is 1. The second kappa shape index (κ2) is 13.5. The van der Waals surface area contributed by atoms with Gasteiger partial charge in [-0.3, -0.25) is 9.59 Å². The topological polar surface area (TPSA) is 88.5 Å². The molecule has 0 aliphatic carbocycles. The molecule has 0 saturated carbocycles. The number of amides is 2. The number of hydrogen-bond donors (Lipinski definition) is 2. The second-order valence-corrected chi connectivity index (χ2v) is 10.4. The van der Waals surface area contributed by atoms with Crippen LogP contribution in [0.2, 0.25) is 0 Å². The molecule has 2 saturated heterocycles. The van der Waals surface area contributed by atoms with E-state index in [4.69, 9.17) is 9.72 Å². The number of imidazole rings is 1. The average Bonchev–Trinajstić information content (AvgIpc) is 3.33. The molecule has 1 aromatic heterocycles. The Bertz CT molecular complexity index is 1340. The highest BCUT2D eigenvalue weighted by Crippen LogP contribution is 2.31. The molecule has 3 atom stereocenters. The molecule has 0 radical (unpaired) electrons. The Hall–Kier alpha value is -3.08. The van der Waals surface area contributed by atoms with Crippen LogP contribution in [0.25, 0.3) is 11.0 Å². The lowest BCUT2D eigenvalue weighted by molar-refractivity contribution is -0.138. The number of nitrogens with one attached hydrogen (secondary N) is 2. The van der Waals surface area contributed by atoms with Gasteiger partial charge >= 0.3 is 0 Å². The number of halogens is 3. The SMILES string of the molecule is COCCCn1c(C2CCCN(C(=O)C3CNCCC3NC(=O)c3ccc(F)c(F)c3)C2)nc2ccccc21.Cl. The van der Waals surface area contributed by atoms with Crippen LogP contribution in [0.5, 0.6) is 0 Å². The molecule has 0 bridgehead atoms. The highest BCUT2D eigenvalue weighted by molar-refractivity contribution is 5.95. The van der Waals surface area contributed by atoms with Gasteiger partial charge < -0.3 is 24.8 Å². The largest absolute Gasteiger partial charge is 0.385 e. The van der Waals surface area contributed by atoms with Gasteiger partial charge in [0.2, 0.25) is 5.91 Å². The van der Waals surface area contributed by atoms with Crippen LogP contribution in [0.3, 0.4) is 0 Å². The molecule has 2 aliphatic heterocycles. The summed E-state index contributed by atoms with van der Waals surface area (Å²) >= 11 is 0. The van der Waals surface area contributed by atoms with Gasteiger partial charge in [0, 0.05) is 57.4 Å². The van der Waals surface area contributed by atoms with E-state index >= 15 is 0 Å². The summed E-state index contributed by atoms with van der Waals surface area (Å²) in [5, 5.41) is 6.18. The van der Waals surface area contributed by atoms with Crippen molar-refractivity contribution in [3.63, 3.8) is 0 Å². The molecule has 40 heavy (non-hydrogen) atoms. The van der Waals surface area contributed by atoms with Gasteiger partial charge in [-0.1, -0.05) is 12.1 Å². The molecule has 3 unspecified atom stereocenters. The van der Waals surface area contributed by atoms with E-state index in [0.29, 0.717) is 39.2 Å². The third-order valence-electron chi connectivity index (χ3n) is 7.81. The number of para-hydroxylation sites is 2. The monoisotopic (exact) mass is 575 g/mol. The lowest BCUT2D eigenvalue weighted by atomic mass is 9.89. The van der Waals surface area contributed by atoms with Gasteiger partial charge in [-0.15, -0.1) is 12.4 Å². The molecule has 3 aromatic rings. The number of nitrogens with zero attached hydrogens (tertiary/aromatic N) is 3. The number of piperidine rings is 2. The van der Waals surface area contributed by atoms with Gasteiger partial charge in [0.05, 0.1) is 17.0 Å². The number of rotatable bonds is 8. The number of aryl methyl sites for hydroxylation is 1. The van der Waals surface area contributed by atoms with Crippen molar-refractivity contribution in [3.8, 4) is 0 Å². The number of carbonyl (C=O) groups is 2. The van der Waals surface area contributed by atoms with Crippen LogP contribution in [0.4, 0.5) is 8.78 Å². The number of benzene rings is 2. The number of ether oxygens (including phenoxy) is 1. The summed E-state index contributed by atoms with van der Waals surface area (Å²) in [5.74, 6) is -1.96. The van der Waals surface area contributed by atoms with Gasteiger partial charge in [-0.2, -0.15) is 0 Å². The molecule has 2 aliphatic rings. The number of likely N-dealkylation sites (tertiary alicyclic amines) is 1. The summed E-state index contributed by atoms with van der Waals surface area (Å²) in [6, 6.07) is 10.8. The Balaban J connectivity index is 0.00000370. The predicted octanol–water partition coefficient (Wildman–Crippen LogP) is 3.89. The lowest BCUT2D eigenvalue weighted by Gasteiger charge is -2.39. The summed E-state index contributed by atoms with van der Waals surface area (Å²) in [6.07, 6.45) is 3.24. The lowest BCUT2D eigenvalue weighted by Crippen LogP contribution is -2.56. The van der Waals surface area contributed by atoms with E-state index in [1.807, 2.05) is 23.1 Å². The van der Waals surface area contributed by atoms with Crippen molar-refractivity contribution in [2.45, 2.75) is 44.2 Å². The van der Waals surface area contributed by atoms with E-state index < -0.39 is 29.5 Å². The average molecular weight is 576 g/mol. The van der Waals surface area contributed by atoms with Gasteiger partial charge in [-0.25, -0.2) is 13.8 Å². The summed E-state index contributed by atoms with van der Waals surface area (Å²) in [5.41, 5.74) is 2.07. The molecule has 8 nitrogen and oxygen atoms in total. The van der Waals surface area contributed by atoms with Crippen LogP contribution in [0, 0.1) is 17.6 Å². The zero-order chi connectivity index (χ0) is 27.4. The van der Waals surface area contributed by atoms with Crippen molar-refractivity contribution < 1.29 is 23.1 Å². The van der Waals surface area contributed by atoms with E-state index in [1.165, 1.54) is 6.07 Å². The van der Waals surface area contributed by atoms with Crippen molar-refractivity contribution >= 4 is 35.3 Å². The fourth-order valence-corrected chi connectivity index (χ4v) is 5.81. The first-order valence-electron chi connectivity index (χ1n) is 13.7. The van der Waals surface area contributed by atoms with Gasteiger partial charge in [0.25, 0.3) is 5.91 Å². The maximum Gasteiger partial charge on any atom is 0.251 e. The molecule has 2 N–H and O–H groups in total. The minimum absolute atomic E-state index is 0. The Morgan fingerprint density at radius 3 is 2.77 bits per heavy atom. The Morgan fingerprint density at radius 1 is 1.15 bits per heavy atom. The Labute approximate surface area is 238 Å². The second-order valence-electron chi connectivity index (χ2n) is 10.4. The molecule has 2 amide bonds. The number of fused-ring (bicyclic) bond motifs is 1. The van der Waals surface area contributed by atoms with E-state index in [9.17, 15) is 18.4 Å². The first-order chi connectivity index (χ1) is 19.0. The molecular formula is C29H36ClF2N5O3. The third-order valence-corrected chi connectivity index (χ3v) is 7.81. The molecule has 3 heterocycles. The number of hydrogen-bond acceptors (Lipinski definition) is 5. The normalized spacial score (nSPS) is 21.2. The molecule has 0 spiro atoms. The van der Waals surface area contributed by atoms with Gasteiger partial charge in [-0.05, 0) is 62.6 Å². The van der Waals surface area contributed by atoms with E-state index in [2.05, 4.69) is 21.3 Å². The smallest absolute Gasteiger partial charge is 0.251 e. The summed E-state index contributed by atoms with van der Waals surface area (Å²) in [6.45, 7) is 3.76. The molecule has 5 rings (SSSR count). The number of aromatic nitrogens is 2. The molecule has 216 valence electrons. The quantitative estimate of drug-likeness (QED) is 0.398. The van der Waals surface area contributed by atoms with Crippen LogP contribution in [-0.2, 0) is 16.1 Å². The molecule has 2 fully saturated rings. The maximum absolute atomic E-state index is 13.8. The van der Waals surface area contributed by atoms with E-state index in [0.717, 1.165) is 54.8 Å². The fourth-order valence-electron chi connectivity index (χ4n) is 5.81. The highest BCUT2D eigenvalue weighted by atomic mass is 35.5.